The maximum Gasteiger partial charge on any atom is 0.236 e. The Balaban J connectivity index is 2.14. The molecule has 0 amide bonds. The maximum absolute atomic E-state index is 12.0. The van der Waals surface area contributed by atoms with Crippen LogP contribution in [0.25, 0.3) is 0 Å². The number of nitrogens with two attached hydrogens (primary N) is 1. The average molecular weight is 377 g/mol. The van der Waals surface area contributed by atoms with Gasteiger partial charge in [-0.1, -0.05) is 23.7 Å². The van der Waals surface area contributed by atoms with Crippen LogP contribution in [-0.2, 0) is 15.8 Å². The number of halogens is 2. The molecule has 0 fully saturated rings. The van der Waals surface area contributed by atoms with Crippen molar-refractivity contribution in [1.82, 2.24) is 4.98 Å². The number of aromatic nitrogens is 1. The molecule has 2 rings (SSSR count). The first-order valence-electron chi connectivity index (χ1n) is 5.52. The van der Waals surface area contributed by atoms with E-state index >= 15 is 0 Å². The van der Waals surface area contributed by atoms with Gasteiger partial charge in [0, 0.05) is 5.69 Å². The number of sulfonamides is 1. The molecule has 0 aliphatic carbocycles. The first kappa shape index (κ1) is 15.1. The highest BCUT2D eigenvalue weighted by atomic mass is 79.9. The Hall–Kier alpha value is -1.31. The standard InChI is InChI=1S/C12H11BrClN3O2S/c13-11-5-10(6-16-12(11)14)17-20(18,19)7-8-1-3-9(15)4-2-8/h1-6,17H,7,15H2. The maximum atomic E-state index is 12.0. The van der Waals surface area contributed by atoms with Crippen LogP contribution in [0.4, 0.5) is 11.4 Å². The minimum absolute atomic E-state index is 0.145. The fourth-order valence-corrected chi connectivity index (χ4v) is 3.15. The highest BCUT2D eigenvalue weighted by Gasteiger charge is 2.12. The molecule has 3 N–H and O–H groups in total. The Kier molecular flexibility index (Phi) is 4.52. The first-order valence-corrected chi connectivity index (χ1v) is 8.34. The molecule has 0 bridgehead atoms. The average Bonchev–Trinajstić information content (AvgIpc) is 2.36. The summed E-state index contributed by atoms with van der Waals surface area (Å²) in [4.78, 5) is 3.86. The molecule has 0 unspecified atom stereocenters. The largest absolute Gasteiger partial charge is 0.399 e. The molecular formula is C12H11BrClN3O2S. The van der Waals surface area contributed by atoms with Gasteiger partial charge in [0.15, 0.2) is 0 Å². The van der Waals surface area contributed by atoms with Crippen molar-refractivity contribution in [3.8, 4) is 0 Å². The Morgan fingerprint density at radius 2 is 1.95 bits per heavy atom. The number of pyridine rings is 1. The van der Waals surface area contributed by atoms with E-state index < -0.39 is 10.0 Å². The summed E-state index contributed by atoms with van der Waals surface area (Å²) >= 11 is 8.93. The lowest BCUT2D eigenvalue weighted by atomic mass is 10.2. The van der Waals surface area contributed by atoms with E-state index in [1.54, 1.807) is 30.3 Å². The summed E-state index contributed by atoms with van der Waals surface area (Å²) in [5, 5.41) is 0.270. The number of nitrogens with one attached hydrogen (secondary N) is 1. The van der Waals surface area contributed by atoms with E-state index in [1.165, 1.54) is 6.20 Å². The van der Waals surface area contributed by atoms with Crippen molar-refractivity contribution < 1.29 is 8.42 Å². The van der Waals surface area contributed by atoms with Gasteiger partial charge in [0.2, 0.25) is 10.0 Å². The Labute approximate surface area is 130 Å². The van der Waals surface area contributed by atoms with Crippen LogP contribution in [0, 0.1) is 0 Å². The van der Waals surface area contributed by atoms with Gasteiger partial charge in [0.25, 0.3) is 0 Å². The van der Waals surface area contributed by atoms with Crippen LogP contribution in [0.2, 0.25) is 5.15 Å². The zero-order valence-corrected chi connectivity index (χ0v) is 13.3. The van der Waals surface area contributed by atoms with Crippen LogP contribution in [0.5, 0.6) is 0 Å². The van der Waals surface area contributed by atoms with E-state index in [2.05, 4.69) is 25.6 Å². The molecule has 0 aliphatic rings. The second kappa shape index (κ2) is 5.99. The van der Waals surface area contributed by atoms with E-state index in [4.69, 9.17) is 17.3 Å². The number of nitrogen functional groups attached to an aromatic ring is 1. The fraction of sp³-hybridized carbons (Fsp3) is 0.0833. The predicted molar refractivity (Wildman–Crippen MR) is 84.0 cm³/mol. The van der Waals surface area contributed by atoms with Gasteiger partial charge >= 0.3 is 0 Å². The predicted octanol–water partition coefficient (Wildman–Crippen LogP) is 3.02. The smallest absolute Gasteiger partial charge is 0.236 e. The molecule has 0 atom stereocenters. The summed E-state index contributed by atoms with van der Waals surface area (Å²) < 4.78 is 27.0. The van der Waals surface area contributed by atoms with E-state index in [1.807, 2.05) is 0 Å². The van der Waals surface area contributed by atoms with E-state index in [-0.39, 0.29) is 10.9 Å². The second-order valence-electron chi connectivity index (χ2n) is 4.10. The summed E-state index contributed by atoms with van der Waals surface area (Å²) in [6.07, 6.45) is 1.35. The number of nitrogens with zero attached hydrogens (tertiary/aromatic N) is 1. The minimum Gasteiger partial charge on any atom is -0.399 e. The van der Waals surface area contributed by atoms with E-state index in [9.17, 15) is 8.42 Å². The van der Waals surface area contributed by atoms with Crippen LogP contribution < -0.4 is 10.5 Å². The molecule has 1 aromatic carbocycles. The lowest BCUT2D eigenvalue weighted by molar-refractivity contribution is 0.600. The number of rotatable bonds is 4. The van der Waals surface area contributed by atoms with Crippen LogP contribution in [0.1, 0.15) is 5.56 Å². The summed E-state index contributed by atoms with van der Waals surface area (Å²) in [5.41, 5.74) is 7.13. The van der Waals surface area contributed by atoms with Crippen molar-refractivity contribution in [3.63, 3.8) is 0 Å². The lowest BCUT2D eigenvalue weighted by Gasteiger charge is -2.08. The van der Waals surface area contributed by atoms with Gasteiger partial charge in [0.05, 0.1) is 22.1 Å². The third-order valence-electron chi connectivity index (χ3n) is 2.41. The van der Waals surface area contributed by atoms with Crippen molar-refractivity contribution in [2.24, 2.45) is 0 Å². The molecule has 0 aliphatic heterocycles. The van der Waals surface area contributed by atoms with Crippen molar-refractivity contribution in [1.29, 1.82) is 0 Å². The molecule has 20 heavy (non-hydrogen) atoms. The highest BCUT2D eigenvalue weighted by Crippen LogP contribution is 2.23. The number of anilines is 2. The number of benzene rings is 1. The molecule has 0 saturated carbocycles. The normalized spacial score (nSPS) is 11.3. The third kappa shape index (κ3) is 4.09. The summed E-state index contributed by atoms with van der Waals surface area (Å²) in [7, 11) is -3.52. The molecule has 1 aromatic heterocycles. The van der Waals surface area contributed by atoms with Gasteiger partial charge in [-0.2, -0.15) is 0 Å². The van der Waals surface area contributed by atoms with Gasteiger partial charge in [-0.15, -0.1) is 0 Å². The number of hydrogen-bond acceptors (Lipinski definition) is 4. The summed E-state index contributed by atoms with van der Waals surface area (Å²) in [6, 6.07) is 8.21. The molecule has 2 aromatic rings. The fourth-order valence-electron chi connectivity index (χ4n) is 1.53. The molecule has 106 valence electrons. The zero-order chi connectivity index (χ0) is 14.8. The van der Waals surface area contributed by atoms with Gasteiger partial charge in [-0.05, 0) is 39.7 Å². The SMILES string of the molecule is Nc1ccc(CS(=O)(=O)Nc2cnc(Cl)c(Br)c2)cc1. The number of hydrogen-bond donors (Lipinski definition) is 2. The quantitative estimate of drug-likeness (QED) is 0.634. The molecule has 0 spiro atoms. The third-order valence-corrected chi connectivity index (χ3v) is 4.80. The van der Waals surface area contributed by atoms with Crippen LogP contribution in [0.3, 0.4) is 0 Å². The van der Waals surface area contributed by atoms with Crippen molar-refractivity contribution >= 4 is 48.9 Å². The van der Waals surface area contributed by atoms with Crippen molar-refractivity contribution in [2.75, 3.05) is 10.5 Å². The second-order valence-corrected chi connectivity index (χ2v) is 7.03. The van der Waals surface area contributed by atoms with Gasteiger partial charge in [-0.25, -0.2) is 13.4 Å². The zero-order valence-electron chi connectivity index (χ0n) is 10.2. The molecule has 1 heterocycles. The van der Waals surface area contributed by atoms with Gasteiger partial charge in [0.1, 0.15) is 5.15 Å². The van der Waals surface area contributed by atoms with Gasteiger partial charge in [-0.3, -0.25) is 4.72 Å². The lowest BCUT2D eigenvalue weighted by Crippen LogP contribution is -2.15. The Morgan fingerprint density at radius 3 is 2.55 bits per heavy atom. The van der Waals surface area contributed by atoms with E-state index in [0.29, 0.717) is 21.4 Å². The van der Waals surface area contributed by atoms with E-state index in [0.717, 1.165) is 0 Å². The minimum atomic E-state index is -3.52. The topological polar surface area (TPSA) is 85.1 Å². The summed E-state index contributed by atoms with van der Waals surface area (Å²) in [6.45, 7) is 0. The van der Waals surface area contributed by atoms with Crippen LogP contribution >= 0.6 is 27.5 Å². The van der Waals surface area contributed by atoms with Crippen molar-refractivity contribution in [3.05, 3.63) is 51.7 Å². The summed E-state index contributed by atoms with van der Waals surface area (Å²) in [5.74, 6) is -0.145. The molecule has 0 saturated heterocycles. The highest BCUT2D eigenvalue weighted by molar-refractivity contribution is 9.10. The first-order chi connectivity index (χ1) is 9.35. The van der Waals surface area contributed by atoms with Crippen LogP contribution in [-0.4, -0.2) is 13.4 Å². The molecular weight excluding hydrogens is 366 g/mol. The monoisotopic (exact) mass is 375 g/mol. The van der Waals surface area contributed by atoms with Crippen molar-refractivity contribution in [2.45, 2.75) is 5.75 Å². The Bertz CT molecular complexity index is 720. The Morgan fingerprint density at radius 1 is 1.30 bits per heavy atom. The molecule has 5 nitrogen and oxygen atoms in total. The molecule has 0 radical (unpaired) electrons. The van der Waals surface area contributed by atoms with Crippen LogP contribution in [0.15, 0.2) is 41.0 Å². The molecule has 8 heteroatoms. The van der Waals surface area contributed by atoms with Gasteiger partial charge < -0.3 is 5.73 Å².